The first-order valence-electron chi connectivity index (χ1n) is 4.06. The molecular weight excluding hydrogens is 391 g/mol. The molecule has 0 aliphatic rings. The lowest BCUT2D eigenvalue weighted by Crippen LogP contribution is -1.85. The highest BCUT2D eigenvalue weighted by atomic mass is 127. The van der Waals surface area contributed by atoms with Crippen LogP contribution in [0.3, 0.4) is 0 Å². The van der Waals surface area contributed by atoms with Crippen molar-refractivity contribution < 1.29 is 0 Å². The van der Waals surface area contributed by atoms with Crippen LogP contribution >= 0.6 is 61.6 Å². The highest BCUT2D eigenvalue weighted by Gasteiger charge is 2.09. The summed E-state index contributed by atoms with van der Waals surface area (Å²) in [5.41, 5.74) is 1.39. The van der Waals surface area contributed by atoms with Gasteiger partial charge in [-0.25, -0.2) is 0 Å². The van der Waals surface area contributed by atoms with Crippen LogP contribution in [0.15, 0.2) is 22.4 Å². The molecule has 2 aromatic rings. The zero-order valence-electron chi connectivity index (χ0n) is 7.51. The van der Waals surface area contributed by atoms with Gasteiger partial charge in [0.05, 0.1) is 0 Å². The minimum atomic E-state index is 0.935. The summed E-state index contributed by atoms with van der Waals surface area (Å²) in [6, 6.07) is 4.50. The maximum absolute atomic E-state index is 3.54. The number of hydrogen-bond donors (Lipinski definition) is 0. The van der Waals surface area contributed by atoms with Crippen LogP contribution in [0.25, 0.3) is 10.1 Å². The van der Waals surface area contributed by atoms with Gasteiger partial charge in [0.25, 0.3) is 0 Å². The molecule has 4 heteroatoms. The standard InChI is InChI=1S/C10H8BrIS2/c1-13-8-4-6(5-11)7-2-3-14-10(7)9(8)12/h2-4H,5H2,1H3. The van der Waals surface area contributed by atoms with Gasteiger partial charge in [0.1, 0.15) is 0 Å². The number of thioether (sulfide) groups is 1. The molecule has 0 unspecified atom stereocenters. The molecule has 0 aliphatic heterocycles. The Bertz CT molecular complexity index is 464. The largest absolute Gasteiger partial charge is 0.143 e. The van der Waals surface area contributed by atoms with Gasteiger partial charge < -0.3 is 0 Å². The Morgan fingerprint density at radius 3 is 3.00 bits per heavy atom. The normalized spacial score (nSPS) is 11.1. The van der Waals surface area contributed by atoms with Crippen molar-refractivity contribution in [1.82, 2.24) is 0 Å². The summed E-state index contributed by atoms with van der Waals surface area (Å²) >= 11 is 9.64. The van der Waals surface area contributed by atoms with E-state index in [2.05, 4.69) is 62.3 Å². The van der Waals surface area contributed by atoms with Crippen molar-refractivity contribution >= 4 is 71.7 Å². The van der Waals surface area contributed by atoms with E-state index in [-0.39, 0.29) is 0 Å². The highest BCUT2D eigenvalue weighted by Crippen LogP contribution is 2.36. The van der Waals surface area contributed by atoms with Crippen molar-refractivity contribution in [2.24, 2.45) is 0 Å². The molecule has 1 aromatic carbocycles. The maximum Gasteiger partial charge on any atom is 0.0490 e. The smallest absolute Gasteiger partial charge is 0.0490 e. The van der Waals surface area contributed by atoms with Crippen LogP contribution in [0.2, 0.25) is 0 Å². The zero-order valence-corrected chi connectivity index (χ0v) is 12.9. The van der Waals surface area contributed by atoms with Crippen LogP contribution in [0.5, 0.6) is 0 Å². The Kier molecular flexibility index (Phi) is 3.79. The first-order chi connectivity index (χ1) is 6.77. The van der Waals surface area contributed by atoms with E-state index in [9.17, 15) is 0 Å². The number of hydrogen-bond acceptors (Lipinski definition) is 2. The molecule has 0 amide bonds. The van der Waals surface area contributed by atoms with Gasteiger partial charge in [-0.3, -0.25) is 0 Å². The molecule has 1 heterocycles. The Morgan fingerprint density at radius 2 is 2.36 bits per heavy atom. The van der Waals surface area contributed by atoms with Crippen molar-refractivity contribution in [2.45, 2.75) is 10.2 Å². The Labute approximate surface area is 114 Å². The van der Waals surface area contributed by atoms with Gasteiger partial charge in [0.2, 0.25) is 0 Å². The summed E-state index contributed by atoms with van der Waals surface area (Å²) in [5, 5.41) is 4.50. The molecule has 74 valence electrons. The number of alkyl halides is 1. The molecule has 14 heavy (non-hydrogen) atoms. The van der Waals surface area contributed by atoms with Crippen molar-refractivity contribution in [2.75, 3.05) is 6.26 Å². The first kappa shape index (κ1) is 11.2. The van der Waals surface area contributed by atoms with E-state index >= 15 is 0 Å². The molecule has 0 saturated heterocycles. The average molecular weight is 399 g/mol. The zero-order chi connectivity index (χ0) is 10.1. The summed E-state index contributed by atoms with van der Waals surface area (Å²) in [4.78, 5) is 1.38. The van der Waals surface area contributed by atoms with Gasteiger partial charge in [-0.15, -0.1) is 23.1 Å². The molecule has 0 aliphatic carbocycles. The van der Waals surface area contributed by atoms with Gasteiger partial charge >= 0.3 is 0 Å². The SMILES string of the molecule is CSc1cc(CBr)c2ccsc2c1I. The van der Waals surface area contributed by atoms with Gasteiger partial charge in [-0.1, -0.05) is 15.9 Å². The Morgan fingerprint density at radius 1 is 1.57 bits per heavy atom. The van der Waals surface area contributed by atoms with Crippen molar-refractivity contribution in [3.8, 4) is 0 Å². The predicted octanol–water partition coefficient (Wildman–Crippen LogP) is 5.12. The lowest BCUT2D eigenvalue weighted by atomic mass is 10.1. The Balaban J connectivity index is 2.80. The highest BCUT2D eigenvalue weighted by molar-refractivity contribution is 14.1. The van der Waals surface area contributed by atoms with Crippen molar-refractivity contribution in [3.05, 3.63) is 26.6 Å². The minimum Gasteiger partial charge on any atom is -0.143 e. The molecule has 0 fully saturated rings. The second-order valence-corrected chi connectivity index (χ2v) is 6.25. The number of thiophene rings is 1. The first-order valence-corrected chi connectivity index (χ1v) is 8.37. The molecular formula is C10H8BrIS2. The fourth-order valence-electron chi connectivity index (χ4n) is 1.40. The average Bonchev–Trinajstić information content (AvgIpc) is 2.68. The number of benzene rings is 1. The van der Waals surface area contributed by atoms with E-state index in [4.69, 9.17) is 0 Å². The third-order valence-electron chi connectivity index (χ3n) is 2.10. The fraction of sp³-hybridized carbons (Fsp3) is 0.200. The second kappa shape index (κ2) is 4.72. The van der Waals surface area contributed by atoms with Crippen LogP contribution in [-0.2, 0) is 5.33 Å². The molecule has 0 bridgehead atoms. The summed E-state index contributed by atoms with van der Waals surface area (Å²) in [6.45, 7) is 0. The molecule has 0 radical (unpaired) electrons. The number of halogens is 2. The van der Waals surface area contributed by atoms with E-state index in [1.54, 1.807) is 0 Å². The molecule has 0 atom stereocenters. The van der Waals surface area contributed by atoms with Gasteiger partial charge in [0, 0.05) is 18.5 Å². The number of rotatable bonds is 2. The quantitative estimate of drug-likeness (QED) is 0.384. The van der Waals surface area contributed by atoms with E-state index in [1.165, 1.54) is 24.1 Å². The fourth-order valence-corrected chi connectivity index (χ4v) is 4.84. The number of fused-ring (bicyclic) bond motifs is 1. The van der Waals surface area contributed by atoms with Crippen LogP contribution in [0.1, 0.15) is 5.56 Å². The van der Waals surface area contributed by atoms with Crippen molar-refractivity contribution in [1.29, 1.82) is 0 Å². The molecule has 0 spiro atoms. The third-order valence-corrected chi connectivity index (χ3v) is 6.25. The summed E-state index contributed by atoms with van der Waals surface area (Å²) in [5.74, 6) is 0. The Hall–Kier alpha value is 0.740. The van der Waals surface area contributed by atoms with Crippen LogP contribution < -0.4 is 0 Å². The predicted molar refractivity (Wildman–Crippen MR) is 79.0 cm³/mol. The molecule has 1 aromatic heterocycles. The summed E-state index contributed by atoms with van der Waals surface area (Å²) in [6.07, 6.45) is 2.13. The van der Waals surface area contributed by atoms with Crippen LogP contribution in [0, 0.1) is 3.57 Å². The molecule has 0 saturated carbocycles. The minimum absolute atomic E-state index is 0.935. The summed E-state index contributed by atoms with van der Waals surface area (Å²) in [7, 11) is 0. The van der Waals surface area contributed by atoms with Gasteiger partial charge in [0.15, 0.2) is 0 Å². The van der Waals surface area contributed by atoms with Crippen molar-refractivity contribution in [3.63, 3.8) is 0 Å². The topological polar surface area (TPSA) is 0 Å². The van der Waals surface area contributed by atoms with E-state index in [0.29, 0.717) is 0 Å². The maximum atomic E-state index is 3.54. The summed E-state index contributed by atoms with van der Waals surface area (Å²) < 4.78 is 2.82. The second-order valence-electron chi connectivity index (χ2n) is 2.85. The van der Waals surface area contributed by atoms with Crippen LogP contribution in [0.4, 0.5) is 0 Å². The van der Waals surface area contributed by atoms with Gasteiger partial charge in [-0.2, -0.15) is 0 Å². The lowest BCUT2D eigenvalue weighted by Gasteiger charge is -2.06. The molecule has 2 rings (SSSR count). The third kappa shape index (κ3) is 1.86. The lowest BCUT2D eigenvalue weighted by molar-refractivity contribution is 1.38. The molecule has 0 N–H and O–H groups in total. The van der Waals surface area contributed by atoms with E-state index in [1.807, 2.05) is 23.1 Å². The van der Waals surface area contributed by atoms with E-state index in [0.717, 1.165) is 5.33 Å². The van der Waals surface area contributed by atoms with Crippen LogP contribution in [-0.4, -0.2) is 6.26 Å². The monoisotopic (exact) mass is 398 g/mol. The van der Waals surface area contributed by atoms with Gasteiger partial charge in [-0.05, 0) is 57.3 Å². The van der Waals surface area contributed by atoms with E-state index < -0.39 is 0 Å². The molecule has 0 nitrogen and oxygen atoms in total.